The van der Waals surface area contributed by atoms with Crippen molar-refractivity contribution in [1.82, 2.24) is 5.32 Å². The SMILES string of the molecule is CCCC(O)CNC(=O)Nc1cc(OC)ccc1F. The van der Waals surface area contributed by atoms with Crippen LogP contribution in [0.25, 0.3) is 0 Å². The fourth-order valence-corrected chi connectivity index (χ4v) is 1.54. The number of aliphatic hydroxyl groups is 1. The van der Waals surface area contributed by atoms with Crippen LogP contribution in [-0.4, -0.2) is 30.9 Å². The summed E-state index contributed by atoms with van der Waals surface area (Å²) in [4.78, 5) is 11.5. The normalized spacial score (nSPS) is 11.8. The highest BCUT2D eigenvalue weighted by molar-refractivity contribution is 5.89. The van der Waals surface area contributed by atoms with Crippen LogP contribution in [0.3, 0.4) is 0 Å². The molecular weight excluding hydrogens is 251 g/mol. The molecule has 0 heterocycles. The maximum Gasteiger partial charge on any atom is 0.319 e. The van der Waals surface area contributed by atoms with Crippen LogP contribution in [0.5, 0.6) is 5.75 Å². The van der Waals surface area contributed by atoms with Crippen LogP contribution in [-0.2, 0) is 0 Å². The van der Waals surface area contributed by atoms with Crippen LogP contribution < -0.4 is 15.4 Å². The Hall–Kier alpha value is -1.82. The molecular formula is C13H19FN2O3. The van der Waals surface area contributed by atoms with Crippen molar-refractivity contribution < 1.29 is 19.0 Å². The summed E-state index contributed by atoms with van der Waals surface area (Å²) in [7, 11) is 1.46. The fourth-order valence-electron chi connectivity index (χ4n) is 1.54. The molecule has 6 heteroatoms. The number of aliphatic hydroxyl groups excluding tert-OH is 1. The number of ether oxygens (including phenoxy) is 1. The quantitative estimate of drug-likeness (QED) is 0.741. The highest BCUT2D eigenvalue weighted by Crippen LogP contribution is 2.20. The monoisotopic (exact) mass is 270 g/mol. The molecule has 2 amide bonds. The third kappa shape index (κ3) is 5.13. The van der Waals surface area contributed by atoms with E-state index in [-0.39, 0.29) is 12.2 Å². The average Bonchev–Trinajstić information content (AvgIpc) is 2.39. The van der Waals surface area contributed by atoms with Gasteiger partial charge >= 0.3 is 6.03 Å². The van der Waals surface area contributed by atoms with E-state index >= 15 is 0 Å². The third-order valence-corrected chi connectivity index (χ3v) is 2.54. The predicted octanol–water partition coefficient (Wildman–Crippen LogP) is 2.12. The maximum atomic E-state index is 13.4. The van der Waals surface area contributed by atoms with E-state index in [9.17, 15) is 14.3 Å². The van der Waals surface area contributed by atoms with Gasteiger partial charge in [-0.3, -0.25) is 0 Å². The Morgan fingerprint density at radius 1 is 1.53 bits per heavy atom. The van der Waals surface area contributed by atoms with E-state index in [1.807, 2.05) is 6.92 Å². The first-order chi connectivity index (χ1) is 9.06. The number of benzene rings is 1. The van der Waals surface area contributed by atoms with Gasteiger partial charge in [-0.05, 0) is 18.6 Å². The second-order valence-electron chi connectivity index (χ2n) is 4.12. The molecule has 0 aliphatic heterocycles. The zero-order valence-corrected chi connectivity index (χ0v) is 11.1. The van der Waals surface area contributed by atoms with Crippen LogP contribution in [0.4, 0.5) is 14.9 Å². The molecule has 0 aliphatic carbocycles. The number of methoxy groups -OCH3 is 1. The Bertz CT molecular complexity index is 426. The van der Waals surface area contributed by atoms with Gasteiger partial charge in [-0.2, -0.15) is 0 Å². The van der Waals surface area contributed by atoms with Gasteiger partial charge in [0.25, 0.3) is 0 Å². The lowest BCUT2D eigenvalue weighted by Crippen LogP contribution is -2.35. The van der Waals surface area contributed by atoms with Crippen molar-refractivity contribution in [3.8, 4) is 5.75 Å². The molecule has 0 aliphatic rings. The second kappa shape index (κ2) is 7.58. The summed E-state index contributed by atoms with van der Waals surface area (Å²) in [6.07, 6.45) is 0.842. The molecule has 3 N–H and O–H groups in total. The van der Waals surface area contributed by atoms with Crippen molar-refractivity contribution in [2.45, 2.75) is 25.9 Å². The number of hydrogen-bond acceptors (Lipinski definition) is 3. The summed E-state index contributed by atoms with van der Waals surface area (Å²) in [5.74, 6) is -0.104. The van der Waals surface area contributed by atoms with Crippen LogP contribution in [0.2, 0.25) is 0 Å². The Morgan fingerprint density at radius 2 is 2.26 bits per heavy atom. The van der Waals surface area contributed by atoms with Gasteiger partial charge in [0.1, 0.15) is 11.6 Å². The molecule has 0 spiro atoms. The number of rotatable bonds is 6. The van der Waals surface area contributed by atoms with E-state index in [0.717, 1.165) is 6.42 Å². The van der Waals surface area contributed by atoms with E-state index in [1.165, 1.54) is 25.3 Å². The first-order valence-corrected chi connectivity index (χ1v) is 6.13. The van der Waals surface area contributed by atoms with E-state index in [4.69, 9.17) is 4.74 Å². The molecule has 1 aromatic rings. The molecule has 0 radical (unpaired) electrons. The van der Waals surface area contributed by atoms with Gasteiger partial charge in [-0.1, -0.05) is 13.3 Å². The van der Waals surface area contributed by atoms with E-state index in [2.05, 4.69) is 10.6 Å². The Labute approximate surface area is 111 Å². The number of carbonyl (C=O) groups excluding carboxylic acids is 1. The average molecular weight is 270 g/mol. The summed E-state index contributed by atoms with van der Waals surface area (Å²) in [6.45, 7) is 2.07. The van der Waals surface area contributed by atoms with Crippen LogP contribution in [0.15, 0.2) is 18.2 Å². The molecule has 0 bridgehead atoms. The Morgan fingerprint density at radius 3 is 2.89 bits per heavy atom. The zero-order chi connectivity index (χ0) is 14.3. The highest BCUT2D eigenvalue weighted by atomic mass is 19.1. The lowest BCUT2D eigenvalue weighted by Gasteiger charge is -2.12. The minimum atomic E-state index is -0.592. The number of anilines is 1. The van der Waals surface area contributed by atoms with E-state index in [0.29, 0.717) is 12.2 Å². The first kappa shape index (κ1) is 15.2. The lowest BCUT2D eigenvalue weighted by atomic mass is 10.2. The van der Waals surface area contributed by atoms with Gasteiger partial charge in [-0.25, -0.2) is 9.18 Å². The summed E-state index contributed by atoms with van der Waals surface area (Å²) in [5, 5.41) is 14.3. The lowest BCUT2D eigenvalue weighted by molar-refractivity contribution is 0.162. The van der Waals surface area contributed by atoms with Gasteiger partial charge in [-0.15, -0.1) is 0 Å². The molecule has 0 saturated carbocycles. The number of halogens is 1. The first-order valence-electron chi connectivity index (χ1n) is 6.13. The number of amides is 2. The molecule has 1 atom stereocenters. The van der Waals surface area contributed by atoms with Crippen LogP contribution >= 0.6 is 0 Å². The molecule has 0 saturated heterocycles. The van der Waals surface area contributed by atoms with Crippen LogP contribution in [0.1, 0.15) is 19.8 Å². The van der Waals surface area contributed by atoms with Crippen molar-refractivity contribution in [3.63, 3.8) is 0 Å². The van der Waals surface area contributed by atoms with Crippen LogP contribution in [0, 0.1) is 5.82 Å². The van der Waals surface area contributed by atoms with Crippen molar-refractivity contribution in [3.05, 3.63) is 24.0 Å². The summed E-state index contributed by atoms with van der Waals surface area (Å²) >= 11 is 0. The minimum absolute atomic E-state index is 0.0295. The van der Waals surface area contributed by atoms with E-state index in [1.54, 1.807) is 0 Å². The van der Waals surface area contributed by atoms with Gasteiger partial charge in [0, 0.05) is 12.6 Å². The minimum Gasteiger partial charge on any atom is -0.497 e. The Balaban J connectivity index is 2.52. The molecule has 1 unspecified atom stereocenters. The largest absolute Gasteiger partial charge is 0.497 e. The van der Waals surface area contributed by atoms with Crippen molar-refractivity contribution in [1.29, 1.82) is 0 Å². The molecule has 106 valence electrons. The number of hydrogen-bond donors (Lipinski definition) is 3. The van der Waals surface area contributed by atoms with Gasteiger partial charge in [0.2, 0.25) is 0 Å². The Kier molecular flexibility index (Phi) is 6.08. The summed E-state index contributed by atoms with van der Waals surface area (Å²) < 4.78 is 18.4. The topological polar surface area (TPSA) is 70.6 Å². The number of carbonyl (C=O) groups is 1. The third-order valence-electron chi connectivity index (χ3n) is 2.54. The van der Waals surface area contributed by atoms with Gasteiger partial charge < -0.3 is 20.5 Å². The molecule has 0 aromatic heterocycles. The number of nitrogens with one attached hydrogen (secondary N) is 2. The summed E-state index contributed by atoms with van der Waals surface area (Å²) in [5.41, 5.74) is 0.0295. The molecule has 19 heavy (non-hydrogen) atoms. The summed E-state index contributed by atoms with van der Waals surface area (Å²) in [6, 6.07) is 3.49. The molecule has 1 aromatic carbocycles. The second-order valence-corrected chi connectivity index (χ2v) is 4.12. The smallest absolute Gasteiger partial charge is 0.319 e. The molecule has 5 nitrogen and oxygen atoms in total. The van der Waals surface area contributed by atoms with Crippen molar-refractivity contribution in [2.75, 3.05) is 19.0 Å². The van der Waals surface area contributed by atoms with Crippen molar-refractivity contribution >= 4 is 11.7 Å². The number of urea groups is 1. The van der Waals surface area contributed by atoms with Gasteiger partial charge in [0.15, 0.2) is 0 Å². The standard InChI is InChI=1S/C13H19FN2O3/c1-3-4-9(17)8-15-13(18)16-12-7-10(19-2)5-6-11(12)14/h5-7,9,17H,3-4,8H2,1-2H3,(H2,15,16,18). The zero-order valence-electron chi connectivity index (χ0n) is 11.1. The molecule has 0 fully saturated rings. The van der Waals surface area contributed by atoms with Gasteiger partial charge in [0.05, 0.1) is 18.9 Å². The van der Waals surface area contributed by atoms with E-state index < -0.39 is 18.0 Å². The highest BCUT2D eigenvalue weighted by Gasteiger charge is 2.09. The fraction of sp³-hybridized carbons (Fsp3) is 0.462. The molecule has 1 rings (SSSR count). The maximum absolute atomic E-state index is 13.4. The predicted molar refractivity (Wildman–Crippen MR) is 70.9 cm³/mol. The van der Waals surface area contributed by atoms with Crippen molar-refractivity contribution in [2.24, 2.45) is 0 Å².